The molecule has 0 fully saturated rings. The van der Waals surface area contributed by atoms with E-state index < -0.39 is 0 Å². The Morgan fingerprint density at radius 3 is 1.88 bits per heavy atom. The van der Waals surface area contributed by atoms with E-state index in [1.165, 1.54) is 8.96 Å². The molecular formula is C30H25I3N6O2S2. The first-order chi connectivity index (χ1) is 20.7. The molecule has 0 bridgehead atoms. The summed E-state index contributed by atoms with van der Waals surface area (Å²) in [6.45, 7) is 0. The fourth-order valence-corrected chi connectivity index (χ4v) is 6.65. The number of nitrogens with zero attached hydrogens (tertiary/aromatic N) is 2. The zero-order chi connectivity index (χ0) is 30.9. The van der Waals surface area contributed by atoms with Crippen LogP contribution in [0, 0.1) is 11.0 Å². The molecule has 43 heavy (non-hydrogen) atoms. The van der Waals surface area contributed by atoms with Gasteiger partial charge in [0.15, 0.2) is 0 Å². The Balaban J connectivity index is 0.000000162. The van der Waals surface area contributed by atoms with Crippen LogP contribution in [0.5, 0.6) is 0 Å². The van der Waals surface area contributed by atoms with E-state index in [0.29, 0.717) is 16.0 Å². The minimum absolute atomic E-state index is 0.0755. The average molecular weight is 946 g/mol. The summed E-state index contributed by atoms with van der Waals surface area (Å²) >= 11 is 12.5. The van der Waals surface area contributed by atoms with Crippen molar-refractivity contribution in [2.45, 2.75) is 14.7 Å². The summed E-state index contributed by atoms with van der Waals surface area (Å²) in [6.07, 6.45) is 0. The molecule has 2 heterocycles. The van der Waals surface area contributed by atoms with Crippen LogP contribution < -0.4 is 10.6 Å². The van der Waals surface area contributed by atoms with E-state index in [9.17, 15) is 9.59 Å². The summed E-state index contributed by atoms with van der Waals surface area (Å²) in [5.41, 5.74) is 3.27. The zero-order valence-electron chi connectivity index (χ0n) is 22.8. The number of benzene rings is 4. The highest BCUT2D eigenvalue weighted by atomic mass is 127. The van der Waals surface area contributed by atoms with Crippen molar-refractivity contribution in [2.75, 3.05) is 14.1 Å². The second-order valence-corrected chi connectivity index (χ2v) is 13.7. The van der Waals surface area contributed by atoms with E-state index in [-0.39, 0.29) is 11.8 Å². The third kappa shape index (κ3) is 8.86. The van der Waals surface area contributed by atoms with E-state index in [0.717, 1.165) is 33.6 Å². The normalized spacial score (nSPS) is 10.4. The van der Waals surface area contributed by atoms with Gasteiger partial charge in [-0.3, -0.25) is 19.8 Å². The van der Waals surface area contributed by atoms with Gasteiger partial charge in [-0.15, -0.1) is 12.6 Å². The van der Waals surface area contributed by atoms with E-state index >= 15 is 0 Å². The van der Waals surface area contributed by atoms with Crippen LogP contribution in [0.25, 0.3) is 21.8 Å². The lowest BCUT2D eigenvalue weighted by molar-refractivity contribution is 0.0952. The summed E-state index contributed by atoms with van der Waals surface area (Å²) in [7, 11) is 3.24. The van der Waals surface area contributed by atoms with Crippen LogP contribution in [-0.4, -0.2) is 46.3 Å². The maximum atomic E-state index is 11.9. The second kappa shape index (κ2) is 16.1. The van der Waals surface area contributed by atoms with Crippen molar-refractivity contribution in [1.82, 2.24) is 31.0 Å². The molecule has 2 aromatic heterocycles. The first-order valence-electron chi connectivity index (χ1n) is 12.6. The molecule has 13 heteroatoms. The van der Waals surface area contributed by atoms with Gasteiger partial charge in [0, 0.05) is 43.1 Å². The fourth-order valence-electron chi connectivity index (χ4n) is 3.78. The van der Waals surface area contributed by atoms with Gasteiger partial charge in [0.25, 0.3) is 11.8 Å². The summed E-state index contributed by atoms with van der Waals surface area (Å²) in [4.78, 5) is 25.7. The Hall–Kier alpha value is -2.35. The molecule has 0 aliphatic rings. The van der Waals surface area contributed by atoms with Gasteiger partial charge < -0.3 is 10.6 Å². The van der Waals surface area contributed by atoms with Crippen LogP contribution in [0.3, 0.4) is 0 Å². The second-order valence-electron chi connectivity index (χ2n) is 8.69. The van der Waals surface area contributed by atoms with Gasteiger partial charge in [-0.05, 0) is 128 Å². The number of nitrogens with one attached hydrogen (secondary N) is 4. The molecule has 0 atom stereocenters. The lowest BCUT2D eigenvalue weighted by Crippen LogP contribution is -2.18. The predicted molar refractivity (Wildman–Crippen MR) is 201 cm³/mol. The number of hydrogen-bond acceptors (Lipinski definition) is 6. The van der Waals surface area contributed by atoms with Crippen molar-refractivity contribution < 1.29 is 9.59 Å². The summed E-state index contributed by atoms with van der Waals surface area (Å²) in [5, 5.41) is 21.8. The first-order valence-corrected chi connectivity index (χ1v) is 17.1. The van der Waals surface area contributed by atoms with Crippen LogP contribution in [-0.2, 0) is 0 Å². The van der Waals surface area contributed by atoms with Crippen molar-refractivity contribution >= 4 is 126 Å². The number of carbonyl (C=O) groups is 2. The van der Waals surface area contributed by atoms with Gasteiger partial charge >= 0.3 is 0 Å². The topological polar surface area (TPSA) is 116 Å². The number of carbonyl (C=O) groups excluding carboxylic acids is 2. The Morgan fingerprint density at radius 1 is 0.721 bits per heavy atom. The highest BCUT2D eigenvalue weighted by Gasteiger charge is 2.11. The molecule has 0 aliphatic heterocycles. The van der Waals surface area contributed by atoms with Gasteiger partial charge in [-0.1, -0.05) is 36.0 Å². The molecule has 0 spiro atoms. The number of halogens is 3. The van der Waals surface area contributed by atoms with E-state index in [4.69, 9.17) is 0 Å². The van der Waals surface area contributed by atoms with Crippen LogP contribution in [0.4, 0.5) is 0 Å². The molecule has 220 valence electrons. The quantitative estimate of drug-likeness (QED) is 0.0916. The summed E-state index contributed by atoms with van der Waals surface area (Å²) < 4.78 is 3.36. The van der Waals surface area contributed by atoms with Gasteiger partial charge in [0.2, 0.25) is 0 Å². The average Bonchev–Trinajstić information content (AvgIpc) is 3.58. The van der Waals surface area contributed by atoms with Crippen LogP contribution in [0.2, 0.25) is 0 Å². The molecule has 4 aromatic carbocycles. The van der Waals surface area contributed by atoms with Crippen molar-refractivity contribution in [1.29, 1.82) is 0 Å². The first kappa shape index (κ1) is 33.5. The van der Waals surface area contributed by atoms with E-state index in [1.807, 2.05) is 54.6 Å². The Bertz CT molecular complexity index is 1890. The predicted octanol–water partition coefficient (Wildman–Crippen LogP) is 7.79. The molecule has 2 amide bonds. The molecule has 4 N–H and O–H groups in total. The number of hydrogen-bond donors (Lipinski definition) is 5. The Kier molecular flexibility index (Phi) is 12.6. The number of amides is 2. The number of aromatic nitrogens is 4. The smallest absolute Gasteiger partial charge is 0.252 e. The van der Waals surface area contributed by atoms with Gasteiger partial charge in [-0.2, -0.15) is 10.2 Å². The number of rotatable bonds is 4. The van der Waals surface area contributed by atoms with Crippen LogP contribution in [0.15, 0.2) is 99.6 Å². The van der Waals surface area contributed by atoms with E-state index in [2.05, 4.69) is 130 Å². The molecule has 0 aliphatic carbocycles. The molecule has 0 unspecified atom stereocenters. The largest absolute Gasteiger partial charge is 0.355 e. The minimum Gasteiger partial charge on any atom is -0.355 e. The van der Waals surface area contributed by atoms with Crippen molar-refractivity contribution in [3.8, 4) is 0 Å². The lowest BCUT2D eigenvalue weighted by atomic mass is 10.2. The molecular weight excluding hydrogens is 921 g/mol. The van der Waals surface area contributed by atoms with Gasteiger partial charge in [0.1, 0.15) is 7.40 Å². The number of fused-ring (bicyclic) bond motifs is 2. The third-order valence-corrected chi connectivity index (χ3v) is 9.68. The summed E-state index contributed by atoms with van der Waals surface area (Å²) in [5.74, 6) is -0.177. The van der Waals surface area contributed by atoms with Gasteiger partial charge in [0.05, 0.1) is 22.2 Å². The minimum atomic E-state index is -0.101. The molecule has 6 rings (SSSR count). The Labute approximate surface area is 299 Å². The van der Waals surface area contributed by atoms with Gasteiger partial charge in [-0.25, -0.2) is 0 Å². The fraction of sp³-hybridized carbons (Fsp3) is 0.0667. The van der Waals surface area contributed by atoms with Crippen molar-refractivity contribution in [2.24, 2.45) is 0 Å². The molecule has 0 saturated carbocycles. The van der Waals surface area contributed by atoms with Crippen molar-refractivity contribution in [3.63, 3.8) is 0 Å². The standard InChI is InChI=1S/C15H12IN3OS.C8H9NOS.C7H4I2N2/c1-17-15(20)11-4-2-3-5-13(11)21-9-6-7-10-12(8-9)18-19-14(10)16;1-9-8(10)6-4-2-3-5-7(6)11;8-4-1-2-5-6(3-4)10-11-7(5)9/h2-8H,1H3,(H,17,20)(H,18,19);2-5,11H,1H3,(H,9,10);1-3H,(H,10,11). The summed E-state index contributed by atoms with van der Waals surface area (Å²) in [6, 6.07) is 27.1. The Morgan fingerprint density at radius 2 is 1.26 bits per heavy atom. The third-order valence-electron chi connectivity index (χ3n) is 5.91. The number of aromatic amines is 2. The molecule has 0 radical (unpaired) electrons. The number of thiol groups is 1. The van der Waals surface area contributed by atoms with E-state index in [1.54, 1.807) is 38.0 Å². The highest BCUT2D eigenvalue weighted by Crippen LogP contribution is 2.32. The van der Waals surface area contributed by atoms with Crippen LogP contribution in [0.1, 0.15) is 20.7 Å². The monoisotopic (exact) mass is 946 g/mol. The lowest BCUT2D eigenvalue weighted by Gasteiger charge is -2.07. The number of H-pyrrole nitrogens is 2. The van der Waals surface area contributed by atoms with Crippen molar-refractivity contribution in [3.05, 3.63) is 107 Å². The highest BCUT2D eigenvalue weighted by molar-refractivity contribution is 14.1. The molecule has 0 saturated heterocycles. The molecule has 6 aromatic rings. The van der Waals surface area contributed by atoms with Crippen LogP contribution >= 0.6 is 92.2 Å². The zero-order valence-corrected chi connectivity index (χ0v) is 31.0. The molecule has 8 nitrogen and oxygen atoms in total. The maximum Gasteiger partial charge on any atom is 0.252 e. The SMILES string of the molecule is CNC(=O)c1ccccc1S.CNC(=O)c1ccccc1Sc1ccc2c(I)[nH]nc2c1.Ic1ccc2c(I)[nH]nc2c1. The maximum absolute atomic E-state index is 11.9.